The second-order valence-electron chi connectivity index (χ2n) is 4.12. The number of rotatable bonds is 1. The van der Waals surface area contributed by atoms with E-state index in [9.17, 15) is 0 Å². The van der Waals surface area contributed by atoms with Gasteiger partial charge in [0.05, 0.1) is 11.2 Å². The van der Waals surface area contributed by atoms with Gasteiger partial charge in [-0.3, -0.25) is 0 Å². The molecule has 0 unspecified atom stereocenters. The molecule has 0 amide bonds. The van der Waals surface area contributed by atoms with E-state index in [4.69, 9.17) is 5.73 Å². The largest absolute Gasteiger partial charge is 0.398 e. The Hall–Kier alpha value is -1.87. The maximum absolute atomic E-state index is 6.09. The third-order valence-electron chi connectivity index (χ3n) is 2.87. The molecular formula is C15H11BrN2. The standard InChI is InChI=1S/C15H11BrN2/c16-11-6-7-12-13(17)9-14(18-15(12)8-11)10-4-2-1-3-5-10/h1-9H,(H2,17,18). The van der Waals surface area contributed by atoms with Crippen LogP contribution in [-0.2, 0) is 0 Å². The minimum atomic E-state index is 0.756. The zero-order valence-corrected chi connectivity index (χ0v) is 11.2. The average Bonchev–Trinajstić information content (AvgIpc) is 2.39. The van der Waals surface area contributed by atoms with E-state index in [0.717, 1.165) is 32.3 Å². The Bertz CT molecular complexity index is 708. The molecule has 3 aromatic rings. The second kappa shape index (κ2) is 4.42. The Morgan fingerprint density at radius 3 is 2.50 bits per heavy atom. The zero-order valence-electron chi connectivity index (χ0n) is 9.60. The fraction of sp³-hybridized carbons (Fsp3) is 0. The van der Waals surface area contributed by atoms with Crippen molar-refractivity contribution in [3.05, 3.63) is 59.1 Å². The van der Waals surface area contributed by atoms with E-state index in [1.54, 1.807) is 0 Å². The lowest BCUT2D eigenvalue weighted by Crippen LogP contribution is -1.92. The second-order valence-corrected chi connectivity index (χ2v) is 5.04. The van der Waals surface area contributed by atoms with Gasteiger partial charge >= 0.3 is 0 Å². The highest BCUT2D eigenvalue weighted by molar-refractivity contribution is 9.10. The van der Waals surface area contributed by atoms with Crippen molar-refractivity contribution in [2.24, 2.45) is 0 Å². The van der Waals surface area contributed by atoms with Crippen LogP contribution in [0.25, 0.3) is 22.2 Å². The Morgan fingerprint density at radius 1 is 0.944 bits per heavy atom. The van der Waals surface area contributed by atoms with Gasteiger partial charge < -0.3 is 5.73 Å². The number of anilines is 1. The van der Waals surface area contributed by atoms with Gasteiger partial charge in [0, 0.05) is 21.1 Å². The van der Waals surface area contributed by atoms with Crippen molar-refractivity contribution in [1.82, 2.24) is 4.98 Å². The monoisotopic (exact) mass is 298 g/mol. The lowest BCUT2D eigenvalue weighted by Gasteiger charge is -2.06. The number of benzene rings is 2. The van der Waals surface area contributed by atoms with Gasteiger partial charge in [-0.05, 0) is 24.3 Å². The molecule has 0 radical (unpaired) electrons. The van der Waals surface area contributed by atoms with Crippen LogP contribution >= 0.6 is 15.9 Å². The molecule has 0 saturated heterocycles. The Morgan fingerprint density at radius 2 is 1.72 bits per heavy atom. The summed E-state index contributed by atoms with van der Waals surface area (Å²) in [6, 6.07) is 17.9. The van der Waals surface area contributed by atoms with E-state index in [0.29, 0.717) is 0 Å². The molecule has 2 N–H and O–H groups in total. The summed E-state index contributed by atoms with van der Waals surface area (Å²) in [5, 5.41) is 0.984. The summed E-state index contributed by atoms with van der Waals surface area (Å²) < 4.78 is 1.01. The van der Waals surface area contributed by atoms with E-state index in [1.807, 2.05) is 54.6 Å². The van der Waals surface area contributed by atoms with Gasteiger partial charge in [0.2, 0.25) is 0 Å². The normalized spacial score (nSPS) is 10.7. The molecule has 88 valence electrons. The topological polar surface area (TPSA) is 38.9 Å². The molecule has 0 aliphatic rings. The van der Waals surface area contributed by atoms with Crippen molar-refractivity contribution < 1.29 is 0 Å². The van der Waals surface area contributed by atoms with Crippen LogP contribution in [0.2, 0.25) is 0 Å². The Labute approximate surface area is 114 Å². The first-order chi connectivity index (χ1) is 8.74. The molecule has 1 aromatic heterocycles. The zero-order chi connectivity index (χ0) is 12.5. The number of halogens is 1. The van der Waals surface area contributed by atoms with E-state index in [2.05, 4.69) is 20.9 Å². The van der Waals surface area contributed by atoms with Crippen molar-refractivity contribution in [3.8, 4) is 11.3 Å². The fourth-order valence-electron chi connectivity index (χ4n) is 1.99. The van der Waals surface area contributed by atoms with Gasteiger partial charge in [-0.15, -0.1) is 0 Å². The number of pyridine rings is 1. The van der Waals surface area contributed by atoms with Crippen LogP contribution in [0.3, 0.4) is 0 Å². The maximum Gasteiger partial charge on any atom is 0.0741 e. The molecule has 0 aliphatic heterocycles. The van der Waals surface area contributed by atoms with Crippen molar-refractivity contribution >= 4 is 32.5 Å². The molecule has 3 heteroatoms. The molecule has 0 bridgehead atoms. The number of hydrogen-bond donors (Lipinski definition) is 1. The first-order valence-electron chi connectivity index (χ1n) is 5.65. The first kappa shape index (κ1) is 11.2. The van der Waals surface area contributed by atoms with Gasteiger partial charge in [-0.25, -0.2) is 4.98 Å². The third-order valence-corrected chi connectivity index (χ3v) is 3.37. The molecule has 3 rings (SSSR count). The molecule has 2 nitrogen and oxygen atoms in total. The predicted molar refractivity (Wildman–Crippen MR) is 79.3 cm³/mol. The lowest BCUT2D eigenvalue weighted by atomic mass is 10.1. The van der Waals surface area contributed by atoms with Crippen LogP contribution in [0.5, 0.6) is 0 Å². The summed E-state index contributed by atoms with van der Waals surface area (Å²) in [5.41, 5.74) is 9.73. The number of fused-ring (bicyclic) bond motifs is 1. The average molecular weight is 299 g/mol. The molecule has 0 atom stereocenters. The summed E-state index contributed by atoms with van der Waals surface area (Å²) in [4.78, 5) is 4.66. The van der Waals surface area contributed by atoms with Crippen molar-refractivity contribution in [3.63, 3.8) is 0 Å². The lowest BCUT2D eigenvalue weighted by molar-refractivity contribution is 1.40. The maximum atomic E-state index is 6.09. The Kier molecular flexibility index (Phi) is 2.76. The number of nitrogens with zero attached hydrogens (tertiary/aromatic N) is 1. The first-order valence-corrected chi connectivity index (χ1v) is 6.44. The third kappa shape index (κ3) is 1.97. The van der Waals surface area contributed by atoms with E-state index in [-0.39, 0.29) is 0 Å². The summed E-state index contributed by atoms with van der Waals surface area (Å²) in [6.45, 7) is 0. The van der Waals surface area contributed by atoms with Crippen molar-refractivity contribution in [2.75, 3.05) is 5.73 Å². The Balaban J connectivity index is 2.27. The van der Waals surface area contributed by atoms with E-state index < -0.39 is 0 Å². The molecular weight excluding hydrogens is 288 g/mol. The highest BCUT2D eigenvalue weighted by Crippen LogP contribution is 2.28. The molecule has 2 aromatic carbocycles. The molecule has 0 spiro atoms. The number of aromatic nitrogens is 1. The molecule has 0 fully saturated rings. The van der Waals surface area contributed by atoms with Gasteiger partial charge in [0.1, 0.15) is 0 Å². The summed E-state index contributed by atoms with van der Waals surface area (Å²) in [7, 11) is 0. The van der Waals surface area contributed by atoms with Crippen LogP contribution in [-0.4, -0.2) is 4.98 Å². The van der Waals surface area contributed by atoms with Crippen LogP contribution in [0.1, 0.15) is 0 Å². The quantitative estimate of drug-likeness (QED) is 0.729. The summed E-state index contributed by atoms with van der Waals surface area (Å²) >= 11 is 3.46. The predicted octanol–water partition coefficient (Wildman–Crippen LogP) is 4.25. The van der Waals surface area contributed by atoms with Crippen LogP contribution in [0, 0.1) is 0 Å². The molecule has 1 heterocycles. The van der Waals surface area contributed by atoms with E-state index in [1.165, 1.54) is 0 Å². The van der Waals surface area contributed by atoms with Crippen LogP contribution in [0.4, 0.5) is 5.69 Å². The smallest absolute Gasteiger partial charge is 0.0741 e. The highest BCUT2D eigenvalue weighted by atomic mass is 79.9. The van der Waals surface area contributed by atoms with Gasteiger partial charge in [-0.1, -0.05) is 46.3 Å². The summed E-state index contributed by atoms with van der Waals surface area (Å²) in [6.07, 6.45) is 0. The van der Waals surface area contributed by atoms with Gasteiger partial charge in [0.15, 0.2) is 0 Å². The van der Waals surface area contributed by atoms with Crippen molar-refractivity contribution in [1.29, 1.82) is 0 Å². The highest BCUT2D eigenvalue weighted by Gasteiger charge is 2.05. The molecule has 18 heavy (non-hydrogen) atoms. The van der Waals surface area contributed by atoms with E-state index >= 15 is 0 Å². The number of nitrogens with two attached hydrogens (primary N) is 1. The SMILES string of the molecule is Nc1cc(-c2ccccc2)nc2cc(Br)ccc12. The van der Waals surface area contributed by atoms with Crippen LogP contribution in [0.15, 0.2) is 59.1 Å². The number of nitrogen functional groups attached to an aromatic ring is 1. The fourth-order valence-corrected chi connectivity index (χ4v) is 2.33. The number of hydrogen-bond acceptors (Lipinski definition) is 2. The van der Waals surface area contributed by atoms with Crippen molar-refractivity contribution in [2.45, 2.75) is 0 Å². The molecule has 0 aliphatic carbocycles. The summed E-state index contributed by atoms with van der Waals surface area (Å²) in [5.74, 6) is 0. The minimum absolute atomic E-state index is 0.756. The van der Waals surface area contributed by atoms with Gasteiger partial charge in [-0.2, -0.15) is 0 Å². The molecule has 0 saturated carbocycles. The van der Waals surface area contributed by atoms with Crippen LogP contribution < -0.4 is 5.73 Å². The minimum Gasteiger partial charge on any atom is -0.398 e. The van der Waals surface area contributed by atoms with Gasteiger partial charge in [0.25, 0.3) is 0 Å².